The molecule has 0 unspecified atom stereocenters. The SMILES string of the molecule is CCCCCc1ccc(-c2ccc(-c3ccc(CCCCC)c(Br)c3)c(-c3ccccc3)c2)cc1. The predicted octanol–water partition coefficient (Wildman–Crippen LogP) is 10.9. The third kappa shape index (κ3) is 6.73. The molecule has 0 nitrogen and oxygen atoms in total. The Morgan fingerprint density at radius 1 is 0.514 bits per heavy atom. The van der Waals surface area contributed by atoms with Crippen LogP contribution in [0.2, 0.25) is 0 Å². The Morgan fingerprint density at radius 3 is 1.86 bits per heavy atom. The Morgan fingerprint density at radius 2 is 1.17 bits per heavy atom. The molecule has 4 aromatic carbocycles. The van der Waals surface area contributed by atoms with Gasteiger partial charge in [-0.05, 0) is 82.3 Å². The maximum Gasteiger partial charge on any atom is 0.0213 e. The highest BCUT2D eigenvalue weighted by Crippen LogP contribution is 2.37. The number of benzene rings is 4. The van der Waals surface area contributed by atoms with E-state index in [1.165, 1.54) is 93.9 Å². The van der Waals surface area contributed by atoms with E-state index in [9.17, 15) is 0 Å². The van der Waals surface area contributed by atoms with Crippen LogP contribution >= 0.6 is 15.9 Å². The van der Waals surface area contributed by atoms with Gasteiger partial charge >= 0.3 is 0 Å². The molecule has 4 rings (SSSR count). The largest absolute Gasteiger partial charge is 0.0654 e. The summed E-state index contributed by atoms with van der Waals surface area (Å²) in [7, 11) is 0. The first kappa shape index (κ1) is 25.5. The average molecular weight is 526 g/mol. The van der Waals surface area contributed by atoms with Crippen LogP contribution in [0.5, 0.6) is 0 Å². The first-order valence-electron chi connectivity index (χ1n) is 13.3. The van der Waals surface area contributed by atoms with Gasteiger partial charge in [-0.3, -0.25) is 0 Å². The van der Waals surface area contributed by atoms with Gasteiger partial charge in [-0.1, -0.05) is 134 Å². The van der Waals surface area contributed by atoms with Crippen LogP contribution < -0.4 is 0 Å². The zero-order valence-electron chi connectivity index (χ0n) is 21.2. The van der Waals surface area contributed by atoms with Crippen molar-refractivity contribution in [2.75, 3.05) is 0 Å². The fourth-order valence-corrected chi connectivity index (χ4v) is 5.34. The van der Waals surface area contributed by atoms with Crippen molar-refractivity contribution in [3.8, 4) is 33.4 Å². The second-order valence-electron chi connectivity index (χ2n) is 9.54. The number of aryl methyl sites for hydroxylation is 2. The molecule has 0 atom stereocenters. The lowest BCUT2D eigenvalue weighted by molar-refractivity contribution is 0.716. The summed E-state index contributed by atoms with van der Waals surface area (Å²) in [5.41, 5.74) is 10.4. The molecule has 0 aliphatic carbocycles. The van der Waals surface area contributed by atoms with Gasteiger partial charge in [-0.15, -0.1) is 0 Å². The lowest BCUT2D eigenvalue weighted by Gasteiger charge is -2.15. The van der Waals surface area contributed by atoms with Crippen LogP contribution in [0.25, 0.3) is 33.4 Å². The second kappa shape index (κ2) is 12.9. The summed E-state index contributed by atoms with van der Waals surface area (Å²) in [5.74, 6) is 0. The molecule has 35 heavy (non-hydrogen) atoms. The van der Waals surface area contributed by atoms with E-state index in [0.717, 1.165) is 6.42 Å². The Bertz CT molecular complexity index is 1210. The zero-order valence-corrected chi connectivity index (χ0v) is 22.8. The number of rotatable bonds is 11. The minimum Gasteiger partial charge on any atom is -0.0654 e. The fraction of sp³-hybridized carbons (Fsp3) is 0.294. The topological polar surface area (TPSA) is 0 Å². The number of hydrogen-bond donors (Lipinski definition) is 0. The van der Waals surface area contributed by atoms with E-state index < -0.39 is 0 Å². The van der Waals surface area contributed by atoms with Crippen molar-refractivity contribution in [1.82, 2.24) is 0 Å². The van der Waals surface area contributed by atoms with Crippen molar-refractivity contribution in [2.24, 2.45) is 0 Å². The molecule has 0 bridgehead atoms. The van der Waals surface area contributed by atoms with Crippen LogP contribution in [0.3, 0.4) is 0 Å². The number of hydrogen-bond acceptors (Lipinski definition) is 0. The molecule has 0 saturated heterocycles. The van der Waals surface area contributed by atoms with E-state index in [1.807, 2.05) is 0 Å². The molecule has 0 amide bonds. The van der Waals surface area contributed by atoms with Crippen molar-refractivity contribution in [3.63, 3.8) is 0 Å². The molecule has 0 fully saturated rings. The van der Waals surface area contributed by atoms with E-state index >= 15 is 0 Å². The normalized spacial score (nSPS) is 11.1. The minimum atomic E-state index is 1.13. The first-order chi connectivity index (χ1) is 17.2. The van der Waals surface area contributed by atoms with E-state index in [1.54, 1.807) is 0 Å². The highest BCUT2D eigenvalue weighted by atomic mass is 79.9. The van der Waals surface area contributed by atoms with Crippen LogP contribution in [0.1, 0.15) is 63.5 Å². The van der Waals surface area contributed by atoms with Crippen LogP contribution in [-0.4, -0.2) is 0 Å². The zero-order chi connectivity index (χ0) is 24.5. The van der Waals surface area contributed by atoms with Crippen LogP contribution in [0.4, 0.5) is 0 Å². The summed E-state index contributed by atoms with van der Waals surface area (Å²) in [5, 5.41) is 0. The standard InChI is InChI=1S/C34H37Br/c1-3-5-8-12-26-16-18-27(19-17-26)30-22-23-32(33(24-30)28-13-10-7-11-14-28)31-21-20-29(34(35)25-31)15-9-6-4-2/h7,10-11,13-14,16-25H,3-6,8-9,12,15H2,1-2H3. The maximum atomic E-state index is 3.86. The van der Waals surface area contributed by atoms with Gasteiger partial charge in [0.2, 0.25) is 0 Å². The third-order valence-electron chi connectivity index (χ3n) is 6.87. The minimum absolute atomic E-state index is 1.13. The summed E-state index contributed by atoms with van der Waals surface area (Å²) in [6, 6.07) is 33.8. The highest BCUT2D eigenvalue weighted by Gasteiger charge is 2.12. The molecular weight excluding hydrogens is 488 g/mol. The molecular formula is C34H37Br. The summed E-state index contributed by atoms with van der Waals surface area (Å²) in [6.45, 7) is 4.52. The van der Waals surface area contributed by atoms with Gasteiger partial charge in [0.1, 0.15) is 0 Å². The summed E-state index contributed by atoms with van der Waals surface area (Å²) >= 11 is 3.86. The number of halogens is 1. The lowest BCUT2D eigenvalue weighted by atomic mass is 9.90. The van der Waals surface area contributed by atoms with Crippen LogP contribution in [0, 0.1) is 0 Å². The Labute approximate surface area is 220 Å². The fourth-order valence-electron chi connectivity index (χ4n) is 4.76. The van der Waals surface area contributed by atoms with Gasteiger partial charge in [0.25, 0.3) is 0 Å². The van der Waals surface area contributed by atoms with Crippen molar-refractivity contribution in [2.45, 2.75) is 65.2 Å². The summed E-state index contributed by atoms with van der Waals surface area (Å²) in [4.78, 5) is 0. The predicted molar refractivity (Wildman–Crippen MR) is 157 cm³/mol. The quantitative estimate of drug-likeness (QED) is 0.171. The molecule has 0 aliphatic rings. The van der Waals surface area contributed by atoms with Gasteiger partial charge in [0, 0.05) is 4.47 Å². The highest BCUT2D eigenvalue weighted by molar-refractivity contribution is 9.10. The van der Waals surface area contributed by atoms with Crippen LogP contribution in [-0.2, 0) is 12.8 Å². The smallest absolute Gasteiger partial charge is 0.0213 e. The first-order valence-corrected chi connectivity index (χ1v) is 14.1. The van der Waals surface area contributed by atoms with Crippen molar-refractivity contribution in [3.05, 3.63) is 107 Å². The van der Waals surface area contributed by atoms with Gasteiger partial charge < -0.3 is 0 Å². The maximum absolute atomic E-state index is 3.86. The van der Waals surface area contributed by atoms with Gasteiger partial charge in [0.05, 0.1) is 0 Å². The van der Waals surface area contributed by atoms with Crippen molar-refractivity contribution >= 4 is 15.9 Å². The molecule has 4 aromatic rings. The molecule has 0 spiro atoms. The van der Waals surface area contributed by atoms with E-state index in [2.05, 4.69) is 121 Å². The van der Waals surface area contributed by atoms with Gasteiger partial charge in [0.15, 0.2) is 0 Å². The third-order valence-corrected chi connectivity index (χ3v) is 7.61. The van der Waals surface area contributed by atoms with E-state index in [4.69, 9.17) is 0 Å². The molecule has 180 valence electrons. The Kier molecular flexibility index (Phi) is 9.37. The monoisotopic (exact) mass is 524 g/mol. The van der Waals surface area contributed by atoms with E-state index in [0.29, 0.717) is 0 Å². The van der Waals surface area contributed by atoms with E-state index in [-0.39, 0.29) is 0 Å². The molecule has 0 radical (unpaired) electrons. The number of unbranched alkanes of at least 4 members (excludes halogenated alkanes) is 4. The second-order valence-corrected chi connectivity index (χ2v) is 10.4. The lowest BCUT2D eigenvalue weighted by Crippen LogP contribution is -1.91. The Hall–Kier alpha value is -2.64. The summed E-state index contributed by atoms with van der Waals surface area (Å²) < 4.78 is 1.22. The Balaban J connectivity index is 1.67. The van der Waals surface area contributed by atoms with Crippen molar-refractivity contribution < 1.29 is 0 Å². The van der Waals surface area contributed by atoms with Crippen molar-refractivity contribution in [1.29, 1.82) is 0 Å². The molecule has 0 aromatic heterocycles. The summed E-state index contributed by atoms with van der Waals surface area (Å²) in [6.07, 6.45) is 9.94. The van der Waals surface area contributed by atoms with Gasteiger partial charge in [-0.2, -0.15) is 0 Å². The molecule has 0 N–H and O–H groups in total. The molecule has 1 heteroatoms. The molecule has 0 heterocycles. The van der Waals surface area contributed by atoms with Gasteiger partial charge in [-0.25, -0.2) is 0 Å². The molecule has 0 aliphatic heterocycles. The molecule has 0 saturated carbocycles. The van der Waals surface area contributed by atoms with Crippen LogP contribution in [0.15, 0.2) is 95.5 Å². The average Bonchev–Trinajstić information content (AvgIpc) is 2.90.